The van der Waals surface area contributed by atoms with Gasteiger partial charge in [0.2, 0.25) is 0 Å². The topological polar surface area (TPSA) is 0 Å². The van der Waals surface area contributed by atoms with Crippen molar-refractivity contribution >= 4 is 0 Å². The summed E-state index contributed by atoms with van der Waals surface area (Å²) >= 11 is 0. The van der Waals surface area contributed by atoms with Gasteiger partial charge in [0.25, 0.3) is 0 Å². The summed E-state index contributed by atoms with van der Waals surface area (Å²) < 4.78 is 0. The third-order valence-electron chi connectivity index (χ3n) is 5.03. The van der Waals surface area contributed by atoms with Crippen LogP contribution in [-0.4, -0.2) is 0 Å². The Bertz CT molecular complexity index is 346. The van der Waals surface area contributed by atoms with Gasteiger partial charge >= 0.3 is 0 Å². The first-order valence-corrected chi connectivity index (χ1v) is 9.78. The number of hydrogen-bond acceptors (Lipinski definition) is 0. The van der Waals surface area contributed by atoms with Crippen LogP contribution < -0.4 is 0 Å². The van der Waals surface area contributed by atoms with Gasteiger partial charge in [-0.3, -0.25) is 0 Å². The minimum absolute atomic E-state index is 0.712. The molecule has 1 rings (SSSR count). The van der Waals surface area contributed by atoms with E-state index in [4.69, 9.17) is 0 Å². The molecule has 0 N–H and O–H groups in total. The maximum absolute atomic E-state index is 2.48. The highest BCUT2D eigenvalue weighted by molar-refractivity contribution is 5.28. The molecule has 2 unspecified atom stereocenters. The summed E-state index contributed by atoms with van der Waals surface area (Å²) in [4.78, 5) is 0. The summed E-state index contributed by atoms with van der Waals surface area (Å²) in [5, 5.41) is 0. The van der Waals surface area contributed by atoms with Gasteiger partial charge in [-0.2, -0.15) is 0 Å². The molecular weight excluding hydrogens is 264 g/mol. The van der Waals surface area contributed by atoms with Crippen molar-refractivity contribution < 1.29 is 0 Å². The van der Waals surface area contributed by atoms with Crippen molar-refractivity contribution in [3.05, 3.63) is 35.4 Å². The number of rotatable bonds is 12. The van der Waals surface area contributed by atoms with E-state index in [-0.39, 0.29) is 0 Å². The van der Waals surface area contributed by atoms with Gasteiger partial charge in [0.05, 0.1) is 0 Å². The highest BCUT2D eigenvalue weighted by atomic mass is 14.1. The molecule has 22 heavy (non-hydrogen) atoms. The van der Waals surface area contributed by atoms with Crippen molar-refractivity contribution in [3.63, 3.8) is 0 Å². The van der Waals surface area contributed by atoms with E-state index in [2.05, 4.69) is 52.0 Å². The van der Waals surface area contributed by atoms with E-state index in [1.807, 2.05) is 0 Å². The van der Waals surface area contributed by atoms with Crippen molar-refractivity contribution in [3.8, 4) is 0 Å². The van der Waals surface area contributed by atoms with E-state index in [0.29, 0.717) is 11.8 Å². The summed E-state index contributed by atoms with van der Waals surface area (Å²) in [7, 11) is 0. The van der Waals surface area contributed by atoms with Gasteiger partial charge in [0.15, 0.2) is 0 Å². The molecule has 0 spiro atoms. The molecule has 1 aromatic carbocycles. The van der Waals surface area contributed by atoms with E-state index in [0.717, 1.165) is 0 Å². The third-order valence-corrected chi connectivity index (χ3v) is 5.03. The lowest BCUT2D eigenvalue weighted by Crippen LogP contribution is -1.98. The highest BCUT2D eigenvalue weighted by Crippen LogP contribution is 2.27. The molecule has 126 valence electrons. The standard InChI is InChI=1S/C22H38/c1-5-7-9-11-14-19(3)21-16-13-17-22(18-21)20(4)15-12-10-8-6-2/h13,16-20H,5-12,14-15H2,1-4H3. The van der Waals surface area contributed by atoms with Gasteiger partial charge < -0.3 is 0 Å². The molecule has 0 amide bonds. The first-order valence-electron chi connectivity index (χ1n) is 9.78. The predicted octanol–water partition coefficient (Wildman–Crippen LogP) is 7.83. The fourth-order valence-electron chi connectivity index (χ4n) is 3.26. The lowest BCUT2D eigenvalue weighted by molar-refractivity contribution is 0.572. The van der Waals surface area contributed by atoms with E-state index < -0.39 is 0 Å². The summed E-state index contributed by atoms with van der Waals surface area (Å²) in [6.45, 7) is 9.37. The lowest BCUT2D eigenvalue weighted by atomic mass is 9.89. The molecule has 0 aliphatic carbocycles. The number of unbranched alkanes of at least 4 members (excludes halogenated alkanes) is 6. The summed E-state index contributed by atoms with van der Waals surface area (Å²) in [5.74, 6) is 1.42. The largest absolute Gasteiger partial charge is 0.0654 e. The zero-order valence-electron chi connectivity index (χ0n) is 15.5. The maximum atomic E-state index is 2.48. The van der Waals surface area contributed by atoms with Gasteiger partial charge in [-0.15, -0.1) is 0 Å². The van der Waals surface area contributed by atoms with E-state index in [1.54, 1.807) is 11.1 Å². The Hall–Kier alpha value is -0.780. The monoisotopic (exact) mass is 302 g/mol. The third kappa shape index (κ3) is 7.47. The van der Waals surface area contributed by atoms with Crippen molar-refractivity contribution in [1.29, 1.82) is 0 Å². The summed E-state index contributed by atoms with van der Waals surface area (Å²) in [6.07, 6.45) is 13.7. The van der Waals surface area contributed by atoms with E-state index >= 15 is 0 Å². The van der Waals surface area contributed by atoms with Crippen LogP contribution in [0.5, 0.6) is 0 Å². The van der Waals surface area contributed by atoms with Crippen molar-refractivity contribution in [1.82, 2.24) is 0 Å². The van der Waals surface area contributed by atoms with Crippen molar-refractivity contribution in [2.45, 2.75) is 104 Å². The molecule has 0 aliphatic heterocycles. The normalized spacial score (nSPS) is 14.0. The number of benzene rings is 1. The Kier molecular flexibility index (Phi) is 10.3. The first-order chi connectivity index (χ1) is 10.7. The molecule has 2 atom stereocenters. The average molecular weight is 303 g/mol. The first kappa shape index (κ1) is 19.3. The van der Waals surface area contributed by atoms with Crippen LogP contribution in [0.3, 0.4) is 0 Å². The number of hydrogen-bond donors (Lipinski definition) is 0. The van der Waals surface area contributed by atoms with Crippen LogP contribution in [0, 0.1) is 0 Å². The molecule has 1 aromatic rings. The Balaban J connectivity index is 2.46. The van der Waals surface area contributed by atoms with Crippen LogP contribution in [0.2, 0.25) is 0 Å². The highest BCUT2D eigenvalue weighted by Gasteiger charge is 2.09. The fourth-order valence-corrected chi connectivity index (χ4v) is 3.26. The molecule has 0 saturated carbocycles. The molecule has 0 saturated heterocycles. The predicted molar refractivity (Wildman–Crippen MR) is 101 cm³/mol. The van der Waals surface area contributed by atoms with Crippen LogP contribution in [0.15, 0.2) is 24.3 Å². The quantitative estimate of drug-likeness (QED) is 0.345. The molecular formula is C22H38. The SMILES string of the molecule is CCCCCCC(C)c1cccc(C(C)CCCCCC)c1. The molecule has 0 aromatic heterocycles. The second-order valence-corrected chi connectivity index (χ2v) is 7.17. The average Bonchev–Trinajstić information content (AvgIpc) is 2.55. The minimum atomic E-state index is 0.712. The van der Waals surface area contributed by atoms with Crippen LogP contribution >= 0.6 is 0 Å². The van der Waals surface area contributed by atoms with Crippen LogP contribution in [0.25, 0.3) is 0 Å². The van der Waals surface area contributed by atoms with E-state index in [1.165, 1.54) is 64.2 Å². The van der Waals surface area contributed by atoms with Gasteiger partial charge in [-0.25, -0.2) is 0 Å². The van der Waals surface area contributed by atoms with Crippen molar-refractivity contribution in [2.24, 2.45) is 0 Å². The molecule has 0 bridgehead atoms. The Morgan fingerprint density at radius 2 is 1.14 bits per heavy atom. The Morgan fingerprint density at radius 1 is 0.682 bits per heavy atom. The van der Waals surface area contributed by atoms with Crippen LogP contribution in [-0.2, 0) is 0 Å². The second-order valence-electron chi connectivity index (χ2n) is 7.17. The van der Waals surface area contributed by atoms with Gasteiger partial charge in [-0.05, 0) is 35.8 Å². The molecule has 0 fully saturated rings. The molecule has 0 radical (unpaired) electrons. The summed E-state index contributed by atoms with van der Waals surface area (Å²) in [6, 6.07) is 9.42. The van der Waals surface area contributed by atoms with Gasteiger partial charge in [0, 0.05) is 0 Å². The van der Waals surface area contributed by atoms with Crippen molar-refractivity contribution in [2.75, 3.05) is 0 Å². The maximum Gasteiger partial charge on any atom is -0.0190 e. The Morgan fingerprint density at radius 3 is 1.55 bits per heavy atom. The van der Waals surface area contributed by atoms with Crippen LogP contribution in [0.4, 0.5) is 0 Å². The minimum Gasteiger partial charge on any atom is -0.0654 e. The smallest absolute Gasteiger partial charge is 0.0190 e. The van der Waals surface area contributed by atoms with E-state index in [9.17, 15) is 0 Å². The molecule has 0 aliphatic rings. The zero-order valence-corrected chi connectivity index (χ0v) is 15.5. The van der Waals surface area contributed by atoms with Gasteiger partial charge in [-0.1, -0.05) is 103 Å². The lowest BCUT2D eigenvalue weighted by Gasteiger charge is -2.16. The Labute approximate surface area is 139 Å². The second kappa shape index (κ2) is 11.7. The molecule has 0 heteroatoms. The van der Waals surface area contributed by atoms with Crippen LogP contribution in [0.1, 0.15) is 115 Å². The van der Waals surface area contributed by atoms with Gasteiger partial charge in [0.1, 0.15) is 0 Å². The molecule has 0 heterocycles. The molecule has 0 nitrogen and oxygen atoms in total. The zero-order chi connectivity index (χ0) is 16.2. The summed E-state index contributed by atoms with van der Waals surface area (Å²) in [5.41, 5.74) is 3.10. The fraction of sp³-hybridized carbons (Fsp3) is 0.727.